The molecule has 8 nitrogen and oxygen atoms in total. The first kappa shape index (κ1) is 23.2. The van der Waals surface area contributed by atoms with Gasteiger partial charge in [0.15, 0.2) is 5.78 Å². The summed E-state index contributed by atoms with van der Waals surface area (Å²) < 4.78 is 2.04. The lowest BCUT2D eigenvalue weighted by Crippen LogP contribution is -2.31. The Kier molecular flexibility index (Phi) is 6.60. The minimum absolute atomic E-state index is 0.0263. The summed E-state index contributed by atoms with van der Waals surface area (Å²) in [5.74, 6) is 0.770. The number of piperidine rings is 1. The molecule has 2 aromatic heterocycles. The molecule has 1 N–H and O–H groups in total. The molecule has 35 heavy (non-hydrogen) atoms. The average molecular weight is 470 g/mol. The molecule has 0 spiro atoms. The van der Waals surface area contributed by atoms with Crippen molar-refractivity contribution in [3.05, 3.63) is 54.0 Å². The molecule has 5 rings (SSSR count). The number of nitriles is 1. The Bertz CT molecular complexity index is 1230. The molecule has 1 aromatic carbocycles. The third-order valence-corrected chi connectivity index (χ3v) is 7.13. The number of nitrogens with one attached hydrogen (secondary N) is 1. The molecule has 3 heterocycles. The third-order valence-electron chi connectivity index (χ3n) is 7.13. The number of rotatable bonds is 8. The van der Waals surface area contributed by atoms with Crippen molar-refractivity contribution in [3.8, 4) is 17.3 Å². The van der Waals surface area contributed by atoms with Gasteiger partial charge in [-0.1, -0.05) is 24.3 Å². The first-order valence-electron chi connectivity index (χ1n) is 12.4. The van der Waals surface area contributed by atoms with Gasteiger partial charge in [0.05, 0.1) is 35.6 Å². The van der Waals surface area contributed by atoms with Crippen LogP contribution in [0.2, 0.25) is 0 Å². The van der Waals surface area contributed by atoms with E-state index in [1.165, 1.54) is 0 Å². The highest BCUT2D eigenvalue weighted by atomic mass is 16.1. The number of anilines is 2. The number of Topliss-reactive ketones (excluding diaryl/α,β-unsaturated/α-hetero) is 1. The van der Waals surface area contributed by atoms with Crippen molar-refractivity contribution in [1.82, 2.24) is 24.6 Å². The molecule has 0 unspecified atom stereocenters. The largest absolute Gasteiger partial charge is 0.321 e. The van der Waals surface area contributed by atoms with Gasteiger partial charge < -0.3 is 10.2 Å². The highest BCUT2D eigenvalue weighted by Gasteiger charge is 2.32. The van der Waals surface area contributed by atoms with E-state index in [2.05, 4.69) is 33.4 Å². The zero-order chi connectivity index (χ0) is 24.4. The van der Waals surface area contributed by atoms with Crippen LogP contribution in [0.4, 0.5) is 11.6 Å². The van der Waals surface area contributed by atoms with Gasteiger partial charge in [0, 0.05) is 29.9 Å². The average Bonchev–Trinajstić information content (AvgIpc) is 3.62. The zero-order valence-corrected chi connectivity index (χ0v) is 20.3. The van der Waals surface area contributed by atoms with Crippen LogP contribution < -0.4 is 5.32 Å². The lowest BCUT2D eigenvalue weighted by molar-refractivity contribution is 0.0966. The number of aryl methyl sites for hydroxylation is 1. The van der Waals surface area contributed by atoms with Crippen molar-refractivity contribution < 1.29 is 4.79 Å². The normalized spacial score (nSPS) is 17.6. The number of nitrogens with zero attached hydrogens (tertiary/aromatic N) is 6. The van der Waals surface area contributed by atoms with Crippen LogP contribution in [0.25, 0.3) is 11.3 Å². The van der Waals surface area contributed by atoms with E-state index in [0.717, 1.165) is 61.3 Å². The molecule has 1 saturated heterocycles. The van der Waals surface area contributed by atoms with Crippen molar-refractivity contribution in [3.63, 3.8) is 0 Å². The van der Waals surface area contributed by atoms with Gasteiger partial charge in [-0.15, -0.1) is 0 Å². The number of benzene rings is 1. The zero-order valence-electron chi connectivity index (χ0n) is 20.3. The standard InChI is InChI=1S/C27H31N7O/c1-18-15-29-27(31-23-16-30-34(17-23)24-9-11-33(2)12-10-24)32-26(18)21-7-5-20(6-8-21)25(35)13-22(14-28)19-3-4-19/h5-8,15-17,19,22,24H,3-4,9-13H2,1-2H3,(H,29,31,32)/t22-/m1/s1. The first-order valence-corrected chi connectivity index (χ1v) is 12.4. The lowest BCUT2D eigenvalue weighted by atomic mass is 9.94. The first-order chi connectivity index (χ1) is 17.0. The second-order valence-electron chi connectivity index (χ2n) is 9.87. The van der Waals surface area contributed by atoms with E-state index in [9.17, 15) is 10.1 Å². The molecule has 3 aromatic rings. The molecular formula is C27H31N7O. The van der Waals surface area contributed by atoms with Gasteiger partial charge in [-0.05, 0) is 64.2 Å². The fourth-order valence-electron chi connectivity index (χ4n) is 4.73. The van der Waals surface area contributed by atoms with E-state index in [0.29, 0.717) is 29.9 Å². The van der Waals surface area contributed by atoms with Gasteiger partial charge in [-0.25, -0.2) is 9.97 Å². The van der Waals surface area contributed by atoms with E-state index >= 15 is 0 Å². The summed E-state index contributed by atoms with van der Waals surface area (Å²) in [6, 6.07) is 10.2. The van der Waals surface area contributed by atoms with E-state index in [1.54, 1.807) is 6.20 Å². The summed E-state index contributed by atoms with van der Waals surface area (Å²) in [5.41, 5.74) is 4.20. The molecule has 180 valence electrons. The maximum Gasteiger partial charge on any atom is 0.227 e. The summed E-state index contributed by atoms with van der Waals surface area (Å²) in [5, 5.41) is 17.2. The molecular weight excluding hydrogens is 438 g/mol. The number of carbonyl (C=O) groups excluding carboxylic acids is 1. The minimum Gasteiger partial charge on any atom is -0.321 e. The second kappa shape index (κ2) is 9.96. The van der Waals surface area contributed by atoms with Crippen molar-refractivity contribution >= 4 is 17.4 Å². The Labute approximate surface area is 206 Å². The molecule has 0 amide bonds. The Morgan fingerprint density at radius 1 is 1.17 bits per heavy atom. The van der Waals surface area contributed by atoms with Crippen LogP contribution in [0.3, 0.4) is 0 Å². The number of ketones is 1. The number of aromatic nitrogens is 4. The van der Waals surface area contributed by atoms with E-state index in [4.69, 9.17) is 4.98 Å². The summed E-state index contributed by atoms with van der Waals surface area (Å²) in [6.07, 6.45) is 10.3. The molecule has 1 atom stereocenters. The second-order valence-corrected chi connectivity index (χ2v) is 9.87. The van der Waals surface area contributed by atoms with Crippen LogP contribution in [0.15, 0.2) is 42.9 Å². The van der Waals surface area contributed by atoms with Crippen molar-refractivity contribution in [2.45, 2.75) is 45.1 Å². The van der Waals surface area contributed by atoms with Gasteiger partial charge >= 0.3 is 0 Å². The molecule has 1 aliphatic heterocycles. The van der Waals surface area contributed by atoms with E-state index in [1.807, 2.05) is 48.3 Å². The highest BCUT2D eigenvalue weighted by molar-refractivity contribution is 5.96. The lowest BCUT2D eigenvalue weighted by Gasteiger charge is -2.28. The number of hydrogen-bond donors (Lipinski definition) is 1. The van der Waals surface area contributed by atoms with Gasteiger partial charge in [-0.3, -0.25) is 9.48 Å². The fourth-order valence-corrected chi connectivity index (χ4v) is 4.73. The molecule has 2 fully saturated rings. The van der Waals surface area contributed by atoms with Crippen LogP contribution in [-0.4, -0.2) is 50.6 Å². The minimum atomic E-state index is -0.163. The van der Waals surface area contributed by atoms with Gasteiger partial charge in [-0.2, -0.15) is 10.4 Å². The van der Waals surface area contributed by atoms with Crippen molar-refractivity contribution in [2.75, 3.05) is 25.5 Å². The van der Waals surface area contributed by atoms with Gasteiger partial charge in [0.1, 0.15) is 0 Å². The van der Waals surface area contributed by atoms with Gasteiger partial charge in [0.2, 0.25) is 5.95 Å². The summed E-state index contributed by atoms with van der Waals surface area (Å²) in [4.78, 5) is 24.2. The van der Waals surface area contributed by atoms with Crippen LogP contribution in [-0.2, 0) is 0 Å². The van der Waals surface area contributed by atoms with Crippen LogP contribution in [0.1, 0.15) is 54.1 Å². The van der Waals surface area contributed by atoms with E-state index < -0.39 is 0 Å². The molecule has 0 bridgehead atoms. The Hall–Kier alpha value is -3.57. The topological polar surface area (TPSA) is 99.7 Å². The number of likely N-dealkylation sites (tertiary alicyclic amines) is 1. The predicted molar refractivity (Wildman–Crippen MR) is 134 cm³/mol. The monoisotopic (exact) mass is 469 g/mol. The summed E-state index contributed by atoms with van der Waals surface area (Å²) >= 11 is 0. The molecule has 8 heteroatoms. The van der Waals surface area contributed by atoms with Gasteiger partial charge in [0.25, 0.3) is 0 Å². The van der Waals surface area contributed by atoms with Crippen molar-refractivity contribution in [1.29, 1.82) is 5.26 Å². The van der Waals surface area contributed by atoms with Crippen LogP contribution in [0, 0.1) is 30.1 Å². The SMILES string of the molecule is Cc1cnc(Nc2cnn(C3CCN(C)CC3)c2)nc1-c1ccc(C(=O)C[C@H](C#N)C2CC2)cc1. The maximum absolute atomic E-state index is 12.7. The Morgan fingerprint density at radius 2 is 1.91 bits per heavy atom. The van der Waals surface area contributed by atoms with E-state index in [-0.39, 0.29) is 11.7 Å². The van der Waals surface area contributed by atoms with Crippen LogP contribution in [0.5, 0.6) is 0 Å². The maximum atomic E-state index is 12.7. The number of carbonyl (C=O) groups is 1. The quantitative estimate of drug-likeness (QED) is 0.474. The highest BCUT2D eigenvalue weighted by Crippen LogP contribution is 2.38. The summed E-state index contributed by atoms with van der Waals surface area (Å²) in [7, 11) is 2.16. The van der Waals surface area contributed by atoms with Crippen molar-refractivity contribution in [2.24, 2.45) is 11.8 Å². The summed E-state index contributed by atoms with van der Waals surface area (Å²) in [6.45, 7) is 4.15. The Balaban J connectivity index is 1.27. The predicted octanol–water partition coefficient (Wildman–Crippen LogP) is 4.78. The Morgan fingerprint density at radius 3 is 2.60 bits per heavy atom. The molecule has 2 aliphatic rings. The smallest absolute Gasteiger partial charge is 0.227 e. The third kappa shape index (κ3) is 5.41. The molecule has 0 radical (unpaired) electrons. The molecule has 1 aliphatic carbocycles. The number of hydrogen-bond acceptors (Lipinski definition) is 7. The van der Waals surface area contributed by atoms with Crippen LogP contribution >= 0.6 is 0 Å². The molecule has 1 saturated carbocycles. The fraction of sp³-hybridized carbons (Fsp3) is 0.444.